The van der Waals surface area contributed by atoms with Gasteiger partial charge in [-0.3, -0.25) is 0 Å². The standard InChI is InChI=1S/C24H34F4O2.C23H32F4O2.C22H30F4O2.C21H28F4O2.CH4/c1-3-4-5-6-17-7-12-23(29-15-17)18-8-10-19(11-9-18)24(27,28)30-20-13-21(25)16(2)22(26)14-20;1-3-4-5-16-6-11-22(28-14-16)17-7-9-18(10-8-17)23(26,27)29-19-12-20(24)15(2)21(25)13-19;1-3-4-15-5-10-21(27-13-15)16-6-8-17(9-7-16)22(25,26)28-18-11-19(23)14(2)20(24)12-18;1-3-14-4-9-20(26-12-14)15-5-7-16(8-6-15)21(24,25)27-17-10-18(22)13(2)19(23)11-17;/h13-14,17-19,23H,3-12,15H2,1-2H3;12-13,16-18,22H,3-11,14H2,1-2H3;11-12,15-17,21H,3-10,13H2,1-2H3;10-11,14-16,20H,3-9,12H2,1-2H3;1H4. The van der Waals surface area contributed by atoms with E-state index in [1.165, 1.54) is 79.1 Å². The van der Waals surface area contributed by atoms with Gasteiger partial charge in [0, 0.05) is 97.2 Å². The summed E-state index contributed by atoms with van der Waals surface area (Å²) in [5.41, 5.74) is -0.814. The van der Waals surface area contributed by atoms with Crippen LogP contribution in [0.4, 0.5) is 70.2 Å². The molecule has 4 saturated heterocycles. The molecule has 0 spiro atoms. The summed E-state index contributed by atoms with van der Waals surface area (Å²) in [6.07, 6.45) is 15.6. The van der Waals surface area contributed by atoms with Crippen LogP contribution < -0.4 is 18.9 Å². The number of halogens is 16. The lowest BCUT2D eigenvalue weighted by molar-refractivity contribution is -0.226. The van der Waals surface area contributed by atoms with Crippen LogP contribution in [0.1, 0.15) is 276 Å². The van der Waals surface area contributed by atoms with Gasteiger partial charge in [0.25, 0.3) is 0 Å². The van der Waals surface area contributed by atoms with Gasteiger partial charge in [-0.1, -0.05) is 80.1 Å². The van der Waals surface area contributed by atoms with Gasteiger partial charge in [0.15, 0.2) is 0 Å². The van der Waals surface area contributed by atoms with Gasteiger partial charge in [0.1, 0.15) is 69.5 Å². The molecule has 8 aliphatic rings. The molecule has 652 valence electrons. The minimum absolute atomic E-state index is 0. The highest BCUT2D eigenvalue weighted by atomic mass is 19.3. The molecule has 4 aromatic rings. The van der Waals surface area contributed by atoms with Crippen LogP contribution in [0.3, 0.4) is 0 Å². The molecule has 115 heavy (non-hydrogen) atoms. The molecule has 8 fully saturated rings. The summed E-state index contributed by atoms with van der Waals surface area (Å²) in [5, 5.41) is 0. The maximum absolute atomic E-state index is 14.6. The first-order chi connectivity index (χ1) is 54.2. The van der Waals surface area contributed by atoms with Crippen molar-refractivity contribution in [1.82, 2.24) is 0 Å². The zero-order valence-corrected chi connectivity index (χ0v) is 68.0. The normalized spacial score (nSPS) is 28.4. The molecular formula is C91H128F16O8. The van der Waals surface area contributed by atoms with E-state index in [1.54, 1.807) is 0 Å². The smallest absolute Gasteiger partial charge is 0.400 e. The van der Waals surface area contributed by atoms with Crippen LogP contribution in [0, 0.1) is 145 Å². The Morgan fingerprint density at radius 3 is 0.696 bits per heavy atom. The molecule has 4 aliphatic heterocycles. The first kappa shape index (κ1) is 95.3. The van der Waals surface area contributed by atoms with E-state index in [4.69, 9.17) is 37.9 Å². The molecule has 0 aromatic heterocycles. The van der Waals surface area contributed by atoms with Crippen molar-refractivity contribution in [3.63, 3.8) is 0 Å². The first-order valence-electron chi connectivity index (χ1n) is 42.8. The highest BCUT2D eigenvalue weighted by molar-refractivity contribution is 5.33. The number of unbranched alkanes of at least 4 members (excludes halogenated alkanes) is 3. The molecule has 8 atom stereocenters. The van der Waals surface area contributed by atoms with E-state index in [2.05, 4.69) is 27.7 Å². The molecule has 0 N–H and O–H groups in total. The average molecular weight is 1650 g/mol. The highest BCUT2D eigenvalue weighted by Gasteiger charge is 2.50. The minimum atomic E-state index is -3.45. The van der Waals surface area contributed by atoms with Gasteiger partial charge in [0.05, 0.1) is 48.1 Å². The number of hydrogen-bond acceptors (Lipinski definition) is 8. The predicted octanol–water partition coefficient (Wildman–Crippen LogP) is 28.0. The van der Waals surface area contributed by atoms with Crippen LogP contribution in [0.25, 0.3) is 0 Å². The lowest BCUT2D eigenvalue weighted by Gasteiger charge is -2.39. The molecule has 4 heterocycles. The second-order valence-electron chi connectivity index (χ2n) is 34.2. The molecule has 12 rings (SSSR count). The van der Waals surface area contributed by atoms with Gasteiger partial charge in [-0.15, -0.1) is 0 Å². The Morgan fingerprint density at radius 1 is 0.278 bits per heavy atom. The molecule has 0 amide bonds. The fraction of sp³-hybridized carbons (Fsp3) is 0.736. The summed E-state index contributed by atoms with van der Waals surface area (Å²) in [5.74, 6) is -8.99. The Hall–Kier alpha value is -5.20. The summed E-state index contributed by atoms with van der Waals surface area (Å²) in [6.45, 7) is 16.9. The van der Waals surface area contributed by atoms with Crippen molar-refractivity contribution in [1.29, 1.82) is 0 Å². The monoisotopic (exact) mass is 1650 g/mol. The van der Waals surface area contributed by atoms with Gasteiger partial charge in [-0.2, -0.15) is 35.1 Å². The van der Waals surface area contributed by atoms with E-state index >= 15 is 0 Å². The van der Waals surface area contributed by atoms with Crippen molar-refractivity contribution < 1.29 is 108 Å². The Kier molecular flexibility index (Phi) is 36.8. The molecule has 8 unspecified atom stereocenters. The minimum Gasteiger partial charge on any atom is -0.432 e. The molecular weight excluding hydrogens is 1520 g/mol. The Balaban J connectivity index is 0.000000191. The Bertz CT molecular complexity index is 3450. The predicted molar refractivity (Wildman–Crippen MR) is 414 cm³/mol. The van der Waals surface area contributed by atoms with Crippen LogP contribution in [-0.2, 0) is 18.9 Å². The lowest BCUT2D eigenvalue weighted by atomic mass is 9.76. The maximum atomic E-state index is 14.6. The molecule has 4 saturated carbocycles. The number of hydrogen-bond donors (Lipinski definition) is 0. The number of ether oxygens (including phenoxy) is 8. The second-order valence-corrected chi connectivity index (χ2v) is 34.2. The quantitative estimate of drug-likeness (QED) is 0.0455. The van der Waals surface area contributed by atoms with E-state index in [-0.39, 0.29) is 54.1 Å². The van der Waals surface area contributed by atoms with Gasteiger partial charge in [0.2, 0.25) is 0 Å². The van der Waals surface area contributed by atoms with Crippen LogP contribution in [0.5, 0.6) is 23.0 Å². The van der Waals surface area contributed by atoms with Crippen molar-refractivity contribution in [3.05, 3.63) is 117 Å². The number of benzene rings is 4. The largest absolute Gasteiger partial charge is 0.432 e. The van der Waals surface area contributed by atoms with E-state index in [1.807, 2.05) is 0 Å². The molecule has 0 bridgehead atoms. The van der Waals surface area contributed by atoms with Gasteiger partial charge < -0.3 is 37.9 Å². The molecule has 0 radical (unpaired) electrons. The second kappa shape index (κ2) is 44.4. The third-order valence-electron chi connectivity index (χ3n) is 26.2. The topological polar surface area (TPSA) is 73.8 Å². The van der Waals surface area contributed by atoms with Gasteiger partial charge >= 0.3 is 24.4 Å². The first-order valence-corrected chi connectivity index (χ1v) is 42.8. The third-order valence-corrected chi connectivity index (χ3v) is 26.2. The van der Waals surface area contributed by atoms with Crippen LogP contribution in [0.15, 0.2) is 48.5 Å². The van der Waals surface area contributed by atoms with Crippen LogP contribution >= 0.6 is 0 Å². The zero-order valence-electron chi connectivity index (χ0n) is 68.0. The van der Waals surface area contributed by atoms with Crippen molar-refractivity contribution in [2.75, 3.05) is 26.4 Å². The van der Waals surface area contributed by atoms with Gasteiger partial charge in [-0.25, -0.2) is 35.1 Å². The number of rotatable bonds is 26. The summed E-state index contributed by atoms with van der Waals surface area (Å²) in [6, 6.07) is 6.57. The lowest BCUT2D eigenvalue weighted by Crippen LogP contribution is -2.40. The maximum Gasteiger partial charge on any atom is 0.400 e. The summed E-state index contributed by atoms with van der Waals surface area (Å²) >= 11 is 0. The van der Waals surface area contributed by atoms with Gasteiger partial charge in [-0.05, 0) is 248 Å². The molecule has 24 heteroatoms. The third kappa shape index (κ3) is 27.4. The number of alkyl halides is 8. The van der Waals surface area contributed by atoms with E-state index in [9.17, 15) is 70.2 Å². The zero-order chi connectivity index (χ0) is 82.7. The Morgan fingerprint density at radius 2 is 0.496 bits per heavy atom. The summed E-state index contributed by atoms with van der Waals surface area (Å²) in [7, 11) is 0. The van der Waals surface area contributed by atoms with Crippen molar-refractivity contribution in [3.8, 4) is 23.0 Å². The average Bonchev–Trinajstić information content (AvgIpc) is 0.818. The van der Waals surface area contributed by atoms with E-state index < -0.39 is 118 Å². The molecule has 4 aromatic carbocycles. The fourth-order valence-corrected chi connectivity index (χ4v) is 18.4. The van der Waals surface area contributed by atoms with E-state index in [0.29, 0.717) is 150 Å². The van der Waals surface area contributed by atoms with Crippen molar-refractivity contribution in [2.45, 2.75) is 330 Å². The van der Waals surface area contributed by atoms with Crippen LogP contribution in [0.2, 0.25) is 0 Å². The Labute approximate surface area is 673 Å². The van der Waals surface area contributed by atoms with Crippen molar-refractivity contribution in [2.24, 2.45) is 71.0 Å². The summed E-state index contributed by atoms with van der Waals surface area (Å²) < 4.78 is 269. The van der Waals surface area contributed by atoms with Crippen molar-refractivity contribution >= 4 is 0 Å². The SMILES string of the molecule is C.CCC1CCC(C2CCC(C(F)(F)Oc3cc(F)c(C)c(F)c3)CC2)OC1.CCCC1CCC(C2CCC(C(F)(F)Oc3cc(F)c(C)c(F)c3)CC2)OC1.CCCCC1CCC(C2CCC(C(F)(F)Oc3cc(F)c(C)c(F)c3)CC2)OC1.CCCCCC1CCC(C2CCC(C(F)(F)Oc3cc(F)c(C)c(F)c3)CC2)OC1. The fourth-order valence-electron chi connectivity index (χ4n) is 18.4. The van der Waals surface area contributed by atoms with E-state index in [0.717, 1.165) is 139 Å². The highest BCUT2D eigenvalue weighted by Crippen LogP contribution is 2.49. The summed E-state index contributed by atoms with van der Waals surface area (Å²) in [4.78, 5) is 0. The molecule has 8 nitrogen and oxygen atoms in total. The molecule has 4 aliphatic carbocycles. The van der Waals surface area contributed by atoms with Crippen LogP contribution in [-0.4, -0.2) is 75.3 Å².